The number of carbonyl (C=O) groups excluding carboxylic acids is 2. The van der Waals surface area contributed by atoms with Gasteiger partial charge < -0.3 is 25.6 Å². The lowest BCUT2D eigenvalue weighted by atomic mass is 10.0. The third kappa shape index (κ3) is 10.4. The summed E-state index contributed by atoms with van der Waals surface area (Å²) in [5.74, 6) is 1.80. The number of ether oxygens (including phenoxy) is 1. The van der Waals surface area contributed by atoms with Gasteiger partial charge in [-0.05, 0) is 42.7 Å². The van der Waals surface area contributed by atoms with Crippen molar-refractivity contribution in [1.82, 2.24) is 5.32 Å². The minimum atomic E-state index is -0.325. The SMILES string of the molecule is COc1cc(C/C(=C\O)C(=O)NCCSSCCCCCC(=O)Nc2ccccc2)ccc1O. The van der Waals surface area contributed by atoms with Gasteiger partial charge >= 0.3 is 0 Å². The van der Waals surface area contributed by atoms with Gasteiger partial charge in [-0.15, -0.1) is 0 Å². The van der Waals surface area contributed by atoms with Crippen molar-refractivity contribution in [2.24, 2.45) is 0 Å². The maximum atomic E-state index is 12.3. The quantitative estimate of drug-likeness (QED) is 0.116. The van der Waals surface area contributed by atoms with E-state index in [0.29, 0.717) is 18.7 Å². The first-order valence-corrected chi connectivity index (χ1v) is 13.6. The van der Waals surface area contributed by atoms with E-state index >= 15 is 0 Å². The van der Waals surface area contributed by atoms with Gasteiger partial charge in [0, 0.05) is 36.6 Å². The highest BCUT2D eigenvalue weighted by atomic mass is 33.1. The Hall–Kier alpha value is -2.78. The Morgan fingerprint density at radius 3 is 2.53 bits per heavy atom. The third-order valence-corrected chi connectivity index (χ3v) is 7.32. The van der Waals surface area contributed by atoms with Crippen LogP contribution in [0.2, 0.25) is 0 Å². The van der Waals surface area contributed by atoms with E-state index in [1.807, 2.05) is 30.3 Å². The van der Waals surface area contributed by atoms with E-state index in [4.69, 9.17) is 4.74 Å². The second-order valence-electron chi connectivity index (χ2n) is 7.46. The molecule has 0 aliphatic rings. The van der Waals surface area contributed by atoms with Crippen LogP contribution in [0.1, 0.15) is 31.2 Å². The van der Waals surface area contributed by atoms with Crippen LogP contribution in [0.3, 0.4) is 0 Å². The molecule has 0 unspecified atom stereocenters. The number of aliphatic hydroxyl groups excluding tert-OH is 1. The molecule has 0 aromatic heterocycles. The number of rotatable bonds is 15. The summed E-state index contributed by atoms with van der Waals surface area (Å²) in [5.41, 5.74) is 1.81. The Bertz CT molecular complexity index is 938. The predicted molar refractivity (Wildman–Crippen MR) is 141 cm³/mol. The first-order chi connectivity index (χ1) is 16.5. The number of nitrogens with one attached hydrogen (secondary N) is 2. The molecule has 0 fully saturated rings. The Kier molecular flexibility index (Phi) is 12.9. The van der Waals surface area contributed by atoms with Crippen molar-refractivity contribution in [3.63, 3.8) is 0 Å². The molecule has 0 aliphatic carbocycles. The summed E-state index contributed by atoms with van der Waals surface area (Å²) < 4.78 is 5.07. The number of benzene rings is 2. The Morgan fingerprint density at radius 1 is 1.03 bits per heavy atom. The highest BCUT2D eigenvalue weighted by Gasteiger charge is 2.12. The highest BCUT2D eigenvalue weighted by molar-refractivity contribution is 8.76. The van der Waals surface area contributed by atoms with Gasteiger partial charge in [0.2, 0.25) is 5.91 Å². The standard InChI is InChI=1S/C25H32N2O5S2/c1-32-23-17-19(11-12-22(23)29)16-20(18-28)25(31)26-13-15-34-33-14-7-3-6-10-24(30)27-21-8-4-2-5-9-21/h2,4-5,8-9,11-12,17-18,28-29H,3,6-7,10,13-16H2,1H3,(H,26,31)(H,27,30)/b20-18+. The van der Waals surface area contributed by atoms with Gasteiger partial charge in [0.05, 0.1) is 18.9 Å². The summed E-state index contributed by atoms with van der Waals surface area (Å²) in [4.78, 5) is 24.2. The molecule has 0 atom stereocenters. The fourth-order valence-corrected chi connectivity index (χ4v) is 5.10. The first kappa shape index (κ1) is 27.5. The lowest BCUT2D eigenvalue weighted by Gasteiger charge is -2.10. The maximum Gasteiger partial charge on any atom is 0.250 e. The minimum Gasteiger partial charge on any atom is -0.515 e. The number of aliphatic hydroxyl groups is 1. The van der Waals surface area contributed by atoms with Crippen LogP contribution >= 0.6 is 21.6 Å². The average molecular weight is 505 g/mol. The zero-order valence-electron chi connectivity index (χ0n) is 19.3. The monoisotopic (exact) mass is 504 g/mol. The van der Waals surface area contributed by atoms with Gasteiger partial charge in [0.1, 0.15) is 0 Å². The van der Waals surface area contributed by atoms with Crippen molar-refractivity contribution in [2.75, 3.05) is 30.5 Å². The lowest BCUT2D eigenvalue weighted by molar-refractivity contribution is -0.118. The van der Waals surface area contributed by atoms with Crippen LogP contribution in [0.4, 0.5) is 5.69 Å². The smallest absolute Gasteiger partial charge is 0.250 e. The Morgan fingerprint density at radius 2 is 1.79 bits per heavy atom. The van der Waals surface area contributed by atoms with Gasteiger partial charge in [-0.2, -0.15) is 0 Å². The molecule has 9 heteroatoms. The topological polar surface area (TPSA) is 108 Å². The van der Waals surface area contributed by atoms with E-state index in [9.17, 15) is 19.8 Å². The second kappa shape index (κ2) is 16.0. The van der Waals surface area contributed by atoms with E-state index < -0.39 is 0 Å². The number of phenolic OH excluding ortho intramolecular Hbond substituents is 1. The van der Waals surface area contributed by atoms with E-state index in [1.54, 1.807) is 33.7 Å². The normalized spacial score (nSPS) is 11.1. The van der Waals surface area contributed by atoms with Crippen LogP contribution in [0.15, 0.2) is 60.4 Å². The molecule has 2 aromatic carbocycles. The third-order valence-electron chi connectivity index (χ3n) is 4.83. The van der Waals surface area contributed by atoms with E-state index in [-0.39, 0.29) is 29.6 Å². The molecular formula is C25H32N2O5S2. The molecule has 2 aromatic rings. The Labute approximate surface area is 208 Å². The first-order valence-electron chi connectivity index (χ1n) is 11.1. The molecule has 2 amide bonds. The number of phenols is 1. The molecule has 184 valence electrons. The summed E-state index contributed by atoms with van der Waals surface area (Å²) in [6.07, 6.45) is 4.47. The summed E-state index contributed by atoms with van der Waals surface area (Å²) >= 11 is 0. The number of anilines is 1. The van der Waals surface area contributed by atoms with E-state index in [2.05, 4.69) is 10.6 Å². The molecule has 2 rings (SSSR count). The summed E-state index contributed by atoms with van der Waals surface area (Å²) in [7, 11) is 4.89. The van der Waals surface area contributed by atoms with Crippen molar-refractivity contribution in [1.29, 1.82) is 0 Å². The number of hydrogen-bond donors (Lipinski definition) is 4. The molecule has 0 saturated heterocycles. The largest absolute Gasteiger partial charge is 0.515 e. The van der Waals surface area contributed by atoms with E-state index in [1.165, 1.54) is 13.2 Å². The zero-order valence-corrected chi connectivity index (χ0v) is 20.9. The van der Waals surface area contributed by atoms with Crippen molar-refractivity contribution >= 4 is 39.1 Å². The fourth-order valence-electron chi connectivity index (χ4n) is 3.04. The zero-order chi connectivity index (χ0) is 24.6. The predicted octanol–water partition coefficient (Wildman–Crippen LogP) is 5.08. The fraction of sp³-hybridized carbons (Fsp3) is 0.360. The number of methoxy groups -OCH3 is 1. The van der Waals surface area contributed by atoms with Crippen LogP contribution < -0.4 is 15.4 Å². The molecule has 34 heavy (non-hydrogen) atoms. The number of aromatic hydroxyl groups is 1. The lowest BCUT2D eigenvalue weighted by Crippen LogP contribution is -2.28. The van der Waals surface area contributed by atoms with Gasteiger partial charge in [0.25, 0.3) is 5.91 Å². The van der Waals surface area contributed by atoms with Crippen molar-refractivity contribution in [2.45, 2.75) is 32.1 Å². The molecule has 0 aliphatic heterocycles. The van der Waals surface area contributed by atoms with Crippen LogP contribution in [0.5, 0.6) is 11.5 Å². The van der Waals surface area contributed by atoms with Gasteiger partial charge in [-0.3, -0.25) is 9.59 Å². The number of carbonyl (C=O) groups is 2. The van der Waals surface area contributed by atoms with Crippen LogP contribution in [-0.4, -0.2) is 47.2 Å². The molecule has 0 radical (unpaired) electrons. The second-order valence-corrected chi connectivity index (χ2v) is 10.2. The minimum absolute atomic E-state index is 0.0216. The number of hydrogen-bond acceptors (Lipinski definition) is 7. The molecular weight excluding hydrogens is 472 g/mol. The summed E-state index contributed by atoms with van der Waals surface area (Å²) in [6, 6.07) is 14.3. The molecule has 7 nitrogen and oxygen atoms in total. The number of unbranched alkanes of at least 4 members (excludes halogenated alkanes) is 2. The average Bonchev–Trinajstić information content (AvgIpc) is 2.85. The summed E-state index contributed by atoms with van der Waals surface area (Å²) in [6.45, 7) is 0.492. The number of amides is 2. The van der Waals surface area contributed by atoms with Crippen LogP contribution in [0.25, 0.3) is 0 Å². The molecule has 0 bridgehead atoms. The van der Waals surface area contributed by atoms with Crippen molar-refractivity contribution < 1.29 is 24.5 Å². The van der Waals surface area contributed by atoms with Crippen molar-refractivity contribution in [3.8, 4) is 11.5 Å². The maximum absolute atomic E-state index is 12.3. The Balaban J connectivity index is 1.51. The molecule has 0 spiro atoms. The van der Waals surface area contributed by atoms with Gasteiger partial charge in [-0.25, -0.2) is 0 Å². The van der Waals surface area contributed by atoms with E-state index in [0.717, 1.165) is 48.3 Å². The van der Waals surface area contributed by atoms with Crippen molar-refractivity contribution in [3.05, 3.63) is 65.9 Å². The van der Waals surface area contributed by atoms with Gasteiger partial charge in [0.15, 0.2) is 11.5 Å². The highest BCUT2D eigenvalue weighted by Crippen LogP contribution is 2.27. The molecule has 4 N–H and O–H groups in total. The molecule has 0 saturated carbocycles. The van der Waals surface area contributed by atoms with Gasteiger partial charge in [-0.1, -0.05) is 52.3 Å². The van der Waals surface area contributed by atoms with Crippen LogP contribution in [-0.2, 0) is 16.0 Å². The number of para-hydroxylation sites is 1. The molecule has 0 heterocycles. The van der Waals surface area contributed by atoms with Crippen LogP contribution in [0, 0.1) is 0 Å². The summed E-state index contributed by atoms with van der Waals surface area (Å²) in [5, 5.41) is 24.8.